The van der Waals surface area contributed by atoms with Crippen molar-refractivity contribution in [3.05, 3.63) is 131 Å². The summed E-state index contributed by atoms with van der Waals surface area (Å²) < 4.78 is 0. The Morgan fingerprint density at radius 2 is 1.69 bits per heavy atom. The summed E-state index contributed by atoms with van der Waals surface area (Å²) in [5, 5.41) is 0. The summed E-state index contributed by atoms with van der Waals surface area (Å²) in [7, 11) is 0. The molecule has 1 saturated carbocycles. The van der Waals surface area contributed by atoms with Crippen LogP contribution in [-0.2, 0) is 0 Å². The molecule has 3 unspecified atom stereocenters. The van der Waals surface area contributed by atoms with Crippen molar-refractivity contribution in [3.63, 3.8) is 0 Å². The van der Waals surface area contributed by atoms with Crippen LogP contribution in [0.2, 0.25) is 0 Å². The van der Waals surface area contributed by atoms with Crippen molar-refractivity contribution in [1.29, 1.82) is 0 Å². The molecule has 39 heavy (non-hydrogen) atoms. The molecule has 0 aromatic heterocycles. The van der Waals surface area contributed by atoms with E-state index in [9.17, 15) is 0 Å². The lowest BCUT2D eigenvalue weighted by molar-refractivity contribution is 0.828. The Kier molecular flexibility index (Phi) is 9.38. The van der Waals surface area contributed by atoms with E-state index in [4.69, 9.17) is 9.98 Å². The molecule has 0 saturated heterocycles. The molecule has 0 heterocycles. The summed E-state index contributed by atoms with van der Waals surface area (Å²) in [5.74, 6) is 1.74. The summed E-state index contributed by atoms with van der Waals surface area (Å²) in [6, 6.07) is 10.7. The maximum Gasteiger partial charge on any atom is 0.0741 e. The van der Waals surface area contributed by atoms with E-state index in [1.165, 1.54) is 35.3 Å². The van der Waals surface area contributed by atoms with Crippen LogP contribution < -0.4 is 0 Å². The first kappa shape index (κ1) is 27.1. The Labute approximate surface area is 235 Å². The summed E-state index contributed by atoms with van der Waals surface area (Å²) in [5.41, 5.74) is 8.43. The van der Waals surface area contributed by atoms with E-state index < -0.39 is 0 Å². The molecular formula is C37H42N2. The van der Waals surface area contributed by atoms with Gasteiger partial charge in [0.15, 0.2) is 0 Å². The van der Waals surface area contributed by atoms with Crippen LogP contribution in [0.15, 0.2) is 136 Å². The molecule has 0 aliphatic heterocycles. The molecule has 0 spiro atoms. The van der Waals surface area contributed by atoms with E-state index >= 15 is 0 Å². The van der Waals surface area contributed by atoms with E-state index in [1.54, 1.807) is 0 Å². The average molecular weight is 515 g/mol. The highest BCUT2D eigenvalue weighted by molar-refractivity contribution is 6.13. The predicted octanol–water partition coefficient (Wildman–Crippen LogP) is 9.83. The molecule has 1 fully saturated rings. The fraction of sp³-hybridized carbons (Fsp3) is 0.351. The molecular weight excluding hydrogens is 472 g/mol. The summed E-state index contributed by atoms with van der Waals surface area (Å²) in [6.07, 6.45) is 36.3. The first-order valence-electron chi connectivity index (χ1n) is 15.0. The minimum absolute atomic E-state index is 0.271. The van der Waals surface area contributed by atoms with E-state index in [2.05, 4.69) is 103 Å². The molecule has 2 heteroatoms. The number of benzene rings is 1. The Balaban J connectivity index is 0.00000151. The van der Waals surface area contributed by atoms with Crippen LogP contribution >= 0.6 is 0 Å². The third-order valence-corrected chi connectivity index (χ3v) is 7.86. The smallest absolute Gasteiger partial charge is 0.0741 e. The van der Waals surface area contributed by atoms with E-state index in [-0.39, 0.29) is 5.92 Å². The molecule has 0 N–H and O–H groups in total. The quantitative estimate of drug-likeness (QED) is 0.267. The van der Waals surface area contributed by atoms with Gasteiger partial charge in [0.05, 0.1) is 22.8 Å². The van der Waals surface area contributed by atoms with Crippen molar-refractivity contribution in [2.75, 3.05) is 0 Å². The molecule has 0 bridgehead atoms. The van der Waals surface area contributed by atoms with Gasteiger partial charge < -0.3 is 0 Å². The molecule has 1 aromatic carbocycles. The summed E-state index contributed by atoms with van der Waals surface area (Å²) in [6.45, 7) is 4.00. The van der Waals surface area contributed by atoms with Crippen LogP contribution in [-0.4, -0.2) is 11.4 Å². The van der Waals surface area contributed by atoms with Crippen LogP contribution in [0.25, 0.3) is 0 Å². The lowest BCUT2D eigenvalue weighted by Crippen LogP contribution is -2.15. The molecule has 0 amide bonds. The van der Waals surface area contributed by atoms with Gasteiger partial charge in [0.2, 0.25) is 0 Å². The SMILES string of the molecule is C1=CCCCC(C(=NC2=CC3CC3C=C2)C2C=CCC(C(=NC3=CCCC=C3)c3ccccc3)=CC2)=C1.CC. The van der Waals surface area contributed by atoms with Gasteiger partial charge in [0, 0.05) is 11.5 Å². The van der Waals surface area contributed by atoms with Crippen LogP contribution in [0.5, 0.6) is 0 Å². The molecule has 200 valence electrons. The van der Waals surface area contributed by atoms with Crippen LogP contribution in [0.4, 0.5) is 0 Å². The van der Waals surface area contributed by atoms with Gasteiger partial charge in [-0.3, -0.25) is 4.99 Å². The van der Waals surface area contributed by atoms with E-state index in [0.717, 1.165) is 61.5 Å². The Morgan fingerprint density at radius 3 is 2.51 bits per heavy atom. The molecule has 3 atom stereocenters. The van der Waals surface area contributed by atoms with E-state index in [0.29, 0.717) is 5.92 Å². The topological polar surface area (TPSA) is 24.7 Å². The molecule has 5 aliphatic carbocycles. The van der Waals surface area contributed by atoms with Gasteiger partial charge in [0.1, 0.15) is 0 Å². The van der Waals surface area contributed by atoms with Gasteiger partial charge in [-0.2, -0.15) is 0 Å². The van der Waals surface area contributed by atoms with Crippen LogP contribution in [0.1, 0.15) is 70.8 Å². The highest BCUT2D eigenvalue weighted by atomic mass is 14.8. The van der Waals surface area contributed by atoms with Crippen molar-refractivity contribution in [2.24, 2.45) is 27.7 Å². The Hall–Kier alpha value is -3.52. The zero-order valence-electron chi connectivity index (χ0n) is 23.6. The molecule has 0 radical (unpaired) electrons. The van der Waals surface area contributed by atoms with Gasteiger partial charge in [-0.05, 0) is 86.5 Å². The fourth-order valence-corrected chi connectivity index (χ4v) is 5.66. The fourth-order valence-electron chi connectivity index (χ4n) is 5.66. The third-order valence-electron chi connectivity index (χ3n) is 7.86. The summed E-state index contributed by atoms with van der Waals surface area (Å²) >= 11 is 0. The van der Waals surface area contributed by atoms with Gasteiger partial charge in [-0.1, -0.05) is 105 Å². The van der Waals surface area contributed by atoms with Crippen molar-refractivity contribution >= 4 is 11.4 Å². The minimum Gasteiger partial charge on any atom is -0.253 e. The Bertz CT molecular complexity index is 1320. The standard InChI is InChI=1S/C35H36N2.C2H6/c1-2-6-13-27(12-5-1)35(37-33-23-22-30-24-31(30)25-33)29-17-11-16-28(20-21-29)34(26-14-7-3-8-15-26)36-32-18-9-4-10-19-32;1-2/h1,3,5,7-9,11-12,14-15,17-20,22-23,25,29-31H,2,4,6,10,13,16,21,24H2;1-2H3. The van der Waals surface area contributed by atoms with Crippen molar-refractivity contribution in [2.45, 2.75) is 65.2 Å². The third kappa shape index (κ3) is 7.12. The molecule has 5 aliphatic rings. The van der Waals surface area contributed by atoms with Crippen LogP contribution in [0, 0.1) is 17.8 Å². The van der Waals surface area contributed by atoms with Gasteiger partial charge in [-0.15, -0.1) is 0 Å². The lowest BCUT2D eigenvalue weighted by Gasteiger charge is -2.18. The van der Waals surface area contributed by atoms with Gasteiger partial charge >= 0.3 is 0 Å². The largest absolute Gasteiger partial charge is 0.253 e. The van der Waals surface area contributed by atoms with Gasteiger partial charge in [-0.25, -0.2) is 4.99 Å². The highest BCUT2D eigenvalue weighted by Gasteiger charge is 2.35. The maximum atomic E-state index is 5.32. The second-order valence-electron chi connectivity index (χ2n) is 10.7. The highest BCUT2D eigenvalue weighted by Crippen LogP contribution is 2.44. The number of hydrogen-bond donors (Lipinski definition) is 0. The second-order valence-corrected chi connectivity index (χ2v) is 10.7. The predicted molar refractivity (Wildman–Crippen MR) is 168 cm³/mol. The average Bonchev–Trinajstić information content (AvgIpc) is 3.83. The zero-order valence-corrected chi connectivity index (χ0v) is 23.6. The van der Waals surface area contributed by atoms with Crippen molar-refractivity contribution in [3.8, 4) is 0 Å². The van der Waals surface area contributed by atoms with Gasteiger partial charge in [0.25, 0.3) is 0 Å². The number of hydrogen-bond acceptors (Lipinski definition) is 2. The Morgan fingerprint density at radius 1 is 0.795 bits per heavy atom. The number of aliphatic imine (C=N–C) groups is 2. The normalized spacial score (nSPS) is 26.2. The first-order chi connectivity index (χ1) is 19.3. The number of allylic oxidation sites excluding steroid dienone is 14. The number of fused-ring (bicyclic) bond motifs is 1. The number of rotatable bonds is 6. The zero-order chi connectivity index (χ0) is 26.9. The number of nitrogens with zero attached hydrogens (tertiary/aromatic N) is 2. The maximum absolute atomic E-state index is 5.32. The van der Waals surface area contributed by atoms with Crippen molar-refractivity contribution < 1.29 is 0 Å². The second kappa shape index (κ2) is 13.5. The first-order valence-corrected chi connectivity index (χ1v) is 15.0. The lowest BCUT2D eigenvalue weighted by atomic mass is 9.90. The van der Waals surface area contributed by atoms with E-state index in [1.807, 2.05) is 13.8 Å². The molecule has 6 rings (SSSR count). The minimum atomic E-state index is 0.271. The monoisotopic (exact) mass is 514 g/mol. The van der Waals surface area contributed by atoms with Crippen LogP contribution in [0.3, 0.4) is 0 Å². The molecule has 1 aromatic rings. The summed E-state index contributed by atoms with van der Waals surface area (Å²) in [4.78, 5) is 10.5. The van der Waals surface area contributed by atoms with Crippen molar-refractivity contribution in [1.82, 2.24) is 0 Å². The molecule has 2 nitrogen and oxygen atoms in total.